The van der Waals surface area contributed by atoms with Crippen LogP contribution in [-0.2, 0) is 9.59 Å². The van der Waals surface area contributed by atoms with Crippen LogP contribution in [0.1, 0.15) is 104 Å². The molecule has 4 heteroatoms. The molecule has 0 aliphatic rings. The van der Waals surface area contributed by atoms with E-state index in [1.54, 1.807) is 0 Å². The van der Waals surface area contributed by atoms with Gasteiger partial charge in [-0.05, 0) is 44.2 Å². The fraction of sp³-hybridized carbons (Fsp3) is 0.615. The molecular formula is C26H44N2O2. The minimum absolute atomic E-state index is 0.0359. The molecule has 0 heterocycles. The Morgan fingerprint density at radius 3 is 1.80 bits per heavy atom. The van der Waals surface area contributed by atoms with E-state index in [2.05, 4.69) is 24.4 Å². The summed E-state index contributed by atoms with van der Waals surface area (Å²) in [5, 5.41) is 2.67. The highest BCUT2D eigenvalue weighted by atomic mass is 16.1. The van der Waals surface area contributed by atoms with Crippen molar-refractivity contribution < 1.29 is 9.59 Å². The average molecular weight is 417 g/mol. The number of primary amides is 1. The lowest BCUT2D eigenvalue weighted by Crippen LogP contribution is -2.09. The van der Waals surface area contributed by atoms with Crippen molar-refractivity contribution in [3.05, 3.63) is 42.5 Å². The number of allylic oxidation sites excluding steroid dienone is 2. The van der Waals surface area contributed by atoms with Crippen LogP contribution in [0.2, 0.25) is 0 Å². The molecule has 0 saturated heterocycles. The second kappa shape index (κ2) is 21.6. The van der Waals surface area contributed by atoms with Crippen molar-refractivity contribution >= 4 is 17.5 Å². The predicted octanol–water partition coefficient (Wildman–Crippen LogP) is 7.15. The van der Waals surface area contributed by atoms with Gasteiger partial charge in [-0.25, -0.2) is 0 Å². The first kappa shape index (κ1) is 27.9. The van der Waals surface area contributed by atoms with Crippen molar-refractivity contribution in [1.29, 1.82) is 0 Å². The quantitative estimate of drug-likeness (QED) is 0.222. The van der Waals surface area contributed by atoms with Crippen molar-refractivity contribution in [3.8, 4) is 0 Å². The Balaban J connectivity index is 0.000000696. The van der Waals surface area contributed by atoms with Crippen LogP contribution in [0.4, 0.5) is 5.69 Å². The molecule has 0 aliphatic heterocycles. The number of nitrogens with two attached hydrogens (primary N) is 1. The van der Waals surface area contributed by atoms with E-state index in [-0.39, 0.29) is 11.8 Å². The molecule has 0 unspecified atom stereocenters. The maximum atomic E-state index is 10.5. The molecule has 0 bridgehead atoms. The van der Waals surface area contributed by atoms with Gasteiger partial charge in [-0.3, -0.25) is 9.59 Å². The minimum Gasteiger partial charge on any atom is -0.370 e. The largest absolute Gasteiger partial charge is 0.370 e. The molecule has 30 heavy (non-hydrogen) atoms. The lowest BCUT2D eigenvalue weighted by molar-refractivity contribution is -0.118. The minimum atomic E-state index is -0.164. The van der Waals surface area contributed by atoms with Gasteiger partial charge in [-0.15, -0.1) is 0 Å². The molecule has 0 spiro atoms. The summed E-state index contributed by atoms with van der Waals surface area (Å²) in [5.74, 6) is -0.200. The average Bonchev–Trinajstić information content (AvgIpc) is 2.71. The number of rotatable bonds is 16. The molecule has 3 N–H and O–H groups in total. The first-order chi connectivity index (χ1) is 14.6. The van der Waals surface area contributed by atoms with Gasteiger partial charge < -0.3 is 11.1 Å². The van der Waals surface area contributed by atoms with Crippen LogP contribution in [0, 0.1) is 0 Å². The molecule has 2 amide bonds. The van der Waals surface area contributed by atoms with E-state index in [0.717, 1.165) is 18.5 Å². The molecule has 0 saturated carbocycles. The van der Waals surface area contributed by atoms with E-state index in [1.807, 2.05) is 30.3 Å². The van der Waals surface area contributed by atoms with Gasteiger partial charge in [-0.1, -0.05) is 88.6 Å². The molecule has 0 aromatic heterocycles. The number of anilines is 1. The lowest BCUT2D eigenvalue weighted by atomic mass is 10.1. The second-order valence-electron chi connectivity index (χ2n) is 7.85. The summed E-state index contributed by atoms with van der Waals surface area (Å²) in [6, 6.07) is 9.37. The van der Waals surface area contributed by atoms with E-state index in [0.29, 0.717) is 6.42 Å². The van der Waals surface area contributed by atoms with Crippen LogP contribution in [-0.4, -0.2) is 11.8 Å². The van der Waals surface area contributed by atoms with E-state index < -0.39 is 0 Å². The Morgan fingerprint density at radius 2 is 1.30 bits per heavy atom. The first-order valence-corrected chi connectivity index (χ1v) is 11.8. The summed E-state index contributed by atoms with van der Waals surface area (Å²) in [4.78, 5) is 21.0. The Kier molecular flexibility index (Phi) is 20.1. The highest BCUT2D eigenvalue weighted by Gasteiger charge is 1.94. The number of amides is 2. The van der Waals surface area contributed by atoms with E-state index in [4.69, 9.17) is 5.73 Å². The first-order valence-electron chi connectivity index (χ1n) is 11.8. The molecule has 0 aliphatic carbocycles. The SMILES string of the molecule is CC(=O)Nc1ccccc1.CCCCCCCCC=CCCCCCCCC(N)=O. The monoisotopic (exact) mass is 416 g/mol. The number of unbranched alkanes of at least 4 members (excludes halogenated alkanes) is 11. The normalized spacial score (nSPS) is 10.5. The van der Waals surface area contributed by atoms with Crippen molar-refractivity contribution in [2.75, 3.05) is 5.32 Å². The van der Waals surface area contributed by atoms with E-state index in [1.165, 1.54) is 77.6 Å². The van der Waals surface area contributed by atoms with Crippen molar-refractivity contribution in [2.45, 2.75) is 104 Å². The molecule has 4 nitrogen and oxygen atoms in total. The molecule has 0 radical (unpaired) electrons. The zero-order valence-corrected chi connectivity index (χ0v) is 19.3. The van der Waals surface area contributed by atoms with Crippen molar-refractivity contribution in [3.63, 3.8) is 0 Å². The lowest BCUT2D eigenvalue weighted by Gasteiger charge is -1.99. The summed E-state index contributed by atoms with van der Waals surface area (Å²) in [5.41, 5.74) is 5.94. The Hall–Kier alpha value is -2.10. The highest BCUT2D eigenvalue weighted by molar-refractivity contribution is 5.88. The second-order valence-corrected chi connectivity index (χ2v) is 7.85. The van der Waals surface area contributed by atoms with Gasteiger partial charge in [0.1, 0.15) is 0 Å². The predicted molar refractivity (Wildman–Crippen MR) is 129 cm³/mol. The van der Waals surface area contributed by atoms with Gasteiger partial charge in [0.05, 0.1) is 0 Å². The number of nitrogens with one attached hydrogen (secondary N) is 1. The van der Waals surface area contributed by atoms with E-state index in [9.17, 15) is 9.59 Å². The fourth-order valence-electron chi connectivity index (χ4n) is 3.09. The Labute approximate surface area is 184 Å². The molecule has 0 fully saturated rings. The third-order valence-electron chi connectivity index (χ3n) is 4.78. The number of carbonyl (C=O) groups excluding carboxylic acids is 2. The Morgan fingerprint density at radius 1 is 0.800 bits per heavy atom. The summed E-state index contributed by atoms with van der Waals surface area (Å²) in [7, 11) is 0. The molecule has 1 aromatic carbocycles. The Bertz CT molecular complexity index is 555. The van der Waals surface area contributed by atoms with Crippen LogP contribution >= 0.6 is 0 Å². The molecule has 1 aromatic rings. The van der Waals surface area contributed by atoms with Gasteiger partial charge in [0.15, 0.2) is 0 Å². The maximum absolute atomic E-state index is 10.5. The molecule has 0 atom stereocenters. The topological polar surface area (TPSA) is 72.2 Å². The van der Waals surface area contributed by atoms with Gasteiger partial charge in [0.25, 0.3) is 0 Å². The third kappa shape index (κ3) is 22.2. The van der Waals surface area contributed by atoms with Crippen LogP contribution in [0.3, 0.4) is 0 Å². The van der Waals surface area contributed by atoms with Crippen LogP contribution in [0.15, 0.2) is 42.5 Å². The molecule has 1 rings (SSSR count). The number of hydrogen-bond acceptors (Lipinski definition) is 2. The number of benzene rings is 1. The van der Waals surface area contributed by atoms with Gasteiger partial charge in [-0.2, -0.15) is 0 Å². The summed E-state index contributed by atoms with van der Waals surface area (Å²) in [6.45, 7) is 3.76. The standard InChI is InChI=1S/C18H35NO.C8H9NO/c1-2-3-4-5-6-7-8-9-10-11-12-13-14-15-16-17-18(19)20;1-7(10)9-8-5-3-2-4-6-8/h9-10H,2-8,11-17H2,1H3,(H2,19,20);2-6H,1H3,(H,9,10). The van der Waals surface area contributed by atoms with Crippen LogP contribution in [0.25, 0.3) is 0 Å². The fourth-order valence-corrected chi connectivity index (χ4v) is 3.09. The zero-order chi connectivity index (χ0) is 22.3. The maximum Gasteiger partial charge on any atom is 0.221 e. The summed E-state index contributed by atoms with van der Waals surface area (Å²) < 4.78 is 0. The number of hydrogen-bond donors (Lipinski definition) is 2. The summed E-state index contributed by atoms with van der Waals surface area (Å²) in [6.07, 6.45) is 21.9. The smallest absolute Gasteiger partial charge is 0.221 e. The van der Waals surface area contributed by atoms with Crippen molar-refractivity contribution in [1.82, 2.24) is 0 Å². The number of para-hydroxylation sites is 1. The van der Waals surface area contributed by atoms with Gasteiger partial charge >= 0.3 is 0 Å². The molecule has 170 valence electrons. The molecular weight excluding hydrogens is 372 g/mol. The number of carbonyl (C=O) groups is 2. The van der Waals surface area contributed by atoms with Gasteiger partial charge in [0.2, 0.25) is 11.8 Å². The van der Waals surface area contributed by atoms with Gasteiger partial charge in [0, 0.05) is 19.0 Å². The highest BCUT2D eigenvalue weighted by Crippen LogP contribution is 2.09. The van der Waals surface area contributed by atoms with E-state index >= 15 is 0 Å². The summed E-state index contributed by atoms with van der Waals surface area (Å²) >= 11 is 0. The third-order valence-corrected chi connectivity index (χ3v) is 4.78. The van der Waals surface area contributed by atoms with Crippen LogP contribution in [0.5, 0.6) is 0 Å². The van der Waals surface area contributed by atoms with Crippen LogP contribution < -0.4 is 11.1 Å². The van der Waals surface area contributed by atoms with Crippen molar-refractivity contribution in [2.24, 2.45) is 5.73 Å². The zero-order valence-electron chi connectivity index (χ0n) is 19.3.